The van der Waals surface area contributed by atoms with Gasteiger partial charge in [-0.15, -0.1) is 0 Å². The molecule has 0 amide bonds. The van der Waals surface area contributed by atoms with Gasteiger partial charge in [0.2, 0.25) is 0 Å². The molecule has 0 spiro atoms. The van der Waals surface area contributed by atoms with Crippen LogP contribution < -0.4 is 0 Å². The van der Waals surface area contributed by atoms with E-state index < -0.39 is 0 Å². The lowest BCUT2D eigenvalue weighted by molar-refractivity contribution is -0.145. The normalized spacial score (nSPS) is 12.3. The maximum absolute atomic E-state index is 11.6. The fourth-order valence-electron chi connectivity index (χ4n) is 3.07. The Kier molecular flexibility index (Phi) is 19.4. The van der Waals surface area contributed by atoms with E-state index in [0.717, 1.165) is 12.8 Å². The Morgan fingerprint density at radius 1 is 0.680 bits per heavy atom. The molecule has 2 heteroatoms. The quantitative estimate of drug-likeness (QED) is 0.174. The molecule has 0 bridgehead atoms. The minimum absolute atomic E-state index is 0.00464. The van der Waals surface area contributed by atoms with E-state index in [0.29, 0.717) is 18.9 Å². The van der Waals surface area contributed by atoms with Crippen LogP contribution in [0.1, 0.15) is 130 Å². The summed E-state index contributed by atoms with van der Waals surface area (Å²) < 4.78 is 5.27. The van der Waals surface area contributed by atoms with Crippen molar-refractivity contribution < 1.29 is 9.53 Å². The van der Waals surface area contributed by atoms with Gasteiger partial charge in [0.05, 0.1) is 6.61 Å². The first-order valence-electron chi connectivity index (χ1n) is 11.4. The van der Waals surface area contributed by atoms with Gasteiger partial charge in [0.25, 0.3) is 0 Å². The van der Waals surface area contributed by atoms with Crippen LogP contribution in [0.25, 0.3) is 0 Å². The van der Waals surface area contributed by atoms with E-state index in [9.17, 15) is 4.79 Å². The van der Waals surface area contributed by atoms with E-state index in [-0.39, 0.29) is 5.97 Å². The standard InChI is InChI=1S/C23H46O2/c1-4-6-7-8-9-10-11-12-13-14-15-16-17-18-19-20-23(24)25-21-22(3)5-2/h22H,4-21H2,1-3H3/t22-/m1/s1. The first kappa shape index (κ1) is 24.5. The van der Waals surface area contributed by atoms with Crippen molar-refractivity contribution in [1.82, 2.24) is 0 Å². The summed E-state index contributed by atoms with van der Waals surface area (Å²) in [4.78, 5) is 11.6. The Morgan fingerprint density at radius 3 is 1.48 bits per heavy atom. The predicted molar refractivity (Wildman–Crippen MR) is 110 cm³/mol. The van der Waals surface area contributed by atoms with E-state index in [1.54, 1.807) is 0 Å². The van der Waals surface area contributed by atoms with Gasteiger partial charge in [-0.25, -0.2) is 0 Å². The smallest absolute Gasteiger partial charge is 0.305 e. The molecule has 0 aromatic heterocycles. The summed E-state index contributed by atoms with van der Waals surface area (Å²) in [5.41, 5.74) is 0. The van der Waals surface area contributed by atoms with E-state index in [2.05, 4.69) is 20.8 Å². The topological polar surface area (TPSA) is 26.3 Å². The zero-order chi connectivity index (χ0) is 18.6. The van der Waals surface area contributed by atoms with Crippen molar-refractivity contribution in [2.24, 2.45) is 5.92 Å². The van der Waals surface area contributed by atoms with Crippen LogP contribution >= 0.6 is 0 Å². The molecule has 0 aliphatic carbocycles. The van der Waals surface area contributed by atoms with Crippen molar-refractivity contribution in [3.8, 4) is 0 Å². The van der Waals surface area contributed by atoms with Crippen molar-refractivity contribution in [3.05, 3.63) is 0 Å². The van der Waals surface area contributed by atoms with Crippen LogP contribution in [-0.4, -0.2) is 12.6 Å². The minimum Gasteiger partial charge on any atom is -0.465 e. The van der Waals surface area contributed by atoms with Crippen molar-refractivity contribution in [2.45, 2.75) is 130 Å². The largest absolute Gasteiger partial charge is 0.465 e. The van der Waals surface area contributed by atoms with Gasteiger partial charge in [0.1, 0.15) is 0 Å². The lowest BCUT2D eigenvalue weighted by Gasteiger charge is -2.09. The lowest BCUT2D eigenvalue weighted by atomic mass is 10.0. The van der Waals surface area contributed by atoms with Gasteiger partial charge >= 0.3 is 5.97 Å². The first-order chi connectivity index (χ1) is 12.2. The molecule has 0 aliphatic heterocycles. The molecule has 0 aromatic rings. The van der Waals surface area contributed by atoms with Gasteiger partial charge in [-0.1, -0.05) is 117 Å². The van der Waals surface area contributed by atoms with Crippen LogP contribution in [0.2, 0.25) is 0 Å². The second kappa shape index (κ2) is 19.8. The maximum atomic E-state index is 11.6. The van der Waals surface area contributed by atoms with E-state index in [1.165, 1.54) is 89.9 Å². The Morgan fingerprint density at radius 2 is 1.08 bits per heavy atom. The molecule has 2 nitrogen and oxygen atoms in total. The highest BCUT2D eigenvalue weighted by atomic mass is 16.5. The van der Waals surface area contributed by atoms with Gasteiger partial charge in [-0.05, 0) is 12.3 Å². The number of hydrogen-bond donors (Lipinski definition) is 0. The zero-order valence-corrected chi connectivity index (χ0v) is 17.6. The molecule has 0 saturated heterocycles. The number of rotatable bonds is 19. The third kappa shape index (κ3) is 19.6. The van der Waals surface area contributed by atoms with Crippen LogP contribution in [0.5, 0.6) is 0 Å². The third-order valence-corrected chi connectivity index (χ3v) is 5.21. The molecule has 0 heterocycles. The molecule has 0 aliphatic rings. The highest BCUT2D eigenvalue weighted by Crippen LogP contribution is 2.14. The fourth-order valence-corrected chi connectivity index (χ4v) is 3.07. The van der Waals surface area contributed by atoms with Crippen molar-refractivity contribution >= 4 is 5.97 Å². The van der Waals surface area contributed by atoms with Gasteiger partial charge in [-0.2, -0.15) is 0 Å². The molecule has 0 rings (SSSR count). The van der Waals surface area contributed by atoms with Crippen molar-refractivity contribution in [1.29, 1.82) is 0 Å². The molecule has 0 saturated carbocycles. The maximum Gasteiger partial charge on any atom is 0.305 e. The average molecular weight is 355 g/mol. The van der Waals surface area contributed by atoms with E-state index >= 15 is 0 Å². The summed E-state index contributed by atoms with van der Waals surface area (Å²) in [6, 6.07) is 0. The molecular weight excluding hydrogens is 308 g/mol. The lowest BCUT2D eigenvalue weighted by Crippen LogP contribution is -2.11. The molecule has 0 N–H and O–H groups in total. The Balaban J connectivity index is 3.12. The van der Waals surface area contributed by atoms with Crippen LogP contribution in [-0.2, 0) is 9.53 Å². The monoisotopic (exact) mass is 354 g/mol. The summed E-state index contributed by atoms with van der Waals surface area (Å²) in [5, 5.41) is 0. The summed E-state index contributed by atoms with van der Waals surface area (Å²) in [5.74, 6) is 0.486. The van der Waals surface area contributed by atoms with Crippen LogP contribution in [0.15, 0.2) is 0 Å². The molecule has 150 valence electrons. The predicted octanol–water partition coefficient (Wildman–Crippen LogP) is 7.84. The van der Waals surface area contributed by atoms with Gasteiger partial charge in [0.15, 0.2) is 0 Å². The minimum atomic E-state index is -0.00464. The number of esters is 1. The van der Waals surface area contributed by atoms with Crippen LogP contribution in [0, 0.1) is 5.92 Å². The zero-order valence-electron chi connectivity index (χ0n) is 17.6. The Bertz CT molecular complexity index is 275. The molecule has 0 fully saturated rings. The highest BCUT2D eigenvalue weighted by molar-refractivity contribution is 5.69. The summed E-state index contributed by atoms with van der Waals surface area (Å²) in [7, 11) is 0. The van der Waals surface area contributed by atoms with Gasteiger partial charge in [-0.3, -0.25) is 4.79 Å². The number of carbonyl (C=O) groups is 1. The number of hydrogen-bond acceptors (Lipinski definition) is 2. The van der Waals surface area contributed by atoms with Crippen molar-refractivity contribution in [3.63, 3.8) is 0 Å². The van der Waals surface area contributed by atoms with E-state index in [1.807, 2.05) is 0 Å². The van der Waals surface area contributed by atoms with Crippen LogP contribution in [0.4, 0.5) is 0 Å². The second-order valence-electron chi connectivity index (χ2n) is 7.90. The molecular formula is C23H46O2. The molecule has 25 heavy (non-hydrogen) atoms. The molecule has 1 atom stereocenters. The molecule has 0 aromatic carbocycles. The van der Waals surface area contributed by atoms with Crippen molar-refractivity contribution in [2.75, 3.05) is 6.61 Å². The van der Waals surface area contributed by atoms with Crippen LogP contribution in [0.3, 0.4) is 0 Å². The Labute approximate surface area is 158 Å². The second-order valence-corrected chi connectivity index (χ2v) is 7.90. The third-order valence-electron chi connectivity index (χ3n) is 5.21. The number of ether oxygens (including phenoxy) is 1. The number of unbranched alkanes of at least 4 members (excludes halogenated alkanes) is 14. The molecule has 0 radical (unpaired) electrons. The summed E-state index contributed by atoms with van der Waals surface area (Å²) in [6.45, 7) is 7.13. The fraction of sp³-hybridized carbons (Fsp3) is 0.957. The summed E-state index contributed by atoms with van der Waals surface area (Å²) in [6.07, 6.45) is 22.0. The highest BCUT2D eigenvalue weighted by Gasteiger charge is 2.05. The SMILES string of the molecule is CCCCCCCCCCCCCCCCCC(=O)OC[C@H](C)CC. The number of carbonyl (C=O) groups excluding carboxylic acids is 1. The van der Waals surface area contributed by atoms with Gasteiger partial charge < -0.3 is 4.74 Å². The molecule has 0 unspecified atom stereocenters. The first-order valence-corrected chi connectivity index (χ1v) is 11.4. The van der Waals surface area contributed by atoms with Gasteiger partial charge in [0, 0.05) is 6.42 Å². The summed E-state index contributed by atoms with van der Waals surface area (Å²) >= 11 is 0. The van der Waals surface area contributed by atoms with E-state index in [4.69, 9.17) is 4.74 Å². The average Bonchev–Trinajstić information content (AvgIpc) is 2.62. The Hall–Kier alpha value is -0.530.